The third kappa shape index (κ3) is 1.99. The number of rotatable bonds is 2. The van der Waals surface area contributed by atoms with Gasteiger partial charge in [0.15, 0.2) is 0 Å². The first kappa shape index (κ1) is 12.5. The molecule has 0 aliphatic heterocycles. The zero-order chi connectivity index (χ0) is 14.3. The molecule has 4 nitrogen and oxygen atoms in total. The highest BCUT2D eigenvalue weighted by Gasteiger charge is 2.11. The van der Waals surface area contributed by atoms with Crippen LogP contribution in [0.4, 0.5) is 5.69 Å². The maximum absolute atomic E-state index is 5.79. The number of imidazole rings is 1. The van der Waals surface area contributed by atoms with Crippen molar-refractivity contribution in [3.05, 3.63) is 41.5 Å². The van der Waals surface area contributed by atoms with Crippen molar-refractivity contribution < 1.29 is 4.74 Å². The Hall–Kier alpha value is -2.49. The van der Waals surface area contributed by atoms with Gasteiger partial charge in [-0.25, -0.2) is 4.98 Å². The predicted octanol–water partition coefficient (Wildman–Crippen LogP) is 3.44. The molecule has 4 heteroatoms. The van der Waals surface area contributed by atoms with Crippen LogP contribution in [0.3, 0.4) is 0 Å². The molecule has 3 N–H and O–H groups in total. The summed E-state index contributed by atoms with van der Waals surface area (Å²) >= 11 is 0. The van der Waals surface area contributed by atoms with Crippen LogP contribution in [0.25, 0.3) is 22.4 Å². The average Bonchev–Trinajstić information content (AvgIpc) is 2.81. The lowest BCUT2D eigenvalue weighted by atomic mass is 10.1. The van der Waals surface area contributed by atoms with E-state index in [1.54, 1.807) is 13.2 Å². The molecule has 20 heavy (non-hydrogen) atoms. The lowest BCUT2D eigenvalue weighted by Crippen LogP contribution is -1.92. The lowest BCUT2D eigenvalue weighted by Gasteiger charge is -2.06. The number of nitrogens with two attached hydrogens (primary N) is 1. The largest absolute Gasteiger partial charge is 0.496 e. The molecule has 1 aromatic heterocycles. The molecule has 102 valence electrons. The molecule has 0 saturated heterocycles. The monoisotopic (exact) mass is 267 g/mol. The van der Waals surface area contributed by atoms with Crippen LogP contribution in [0.5, 0.6) is 5.75 Å². The highest BCUT2D eigenvalue weighted by Crippen LogP contribution is 2.31. The smallest absolute Gasteiger partial charge is 0.142 e. The standard InChI is InChI=1S/C16H17N3O/c1-9-6-13-14(7-10(9)2)19-16(18-13)12-5-4-11(17)8-15(12)20-3/h4-8H,17H2,1-3H3,(H,18,19). The van der Waals surface area contributed by atoms with Gasteiger partial charge in [0.2, 0.25) is 0 Å². The summed E-state index contributed by atoms with van der Waals surface area (Å²) in [7, 11) is 1.63. The van der Waals surface area contributed by atoms with Gasteiger partial charge in [0.05, 0.1) is 23.7 Å². The molecule has 3 aromatic rings. The van der Waals surface area contributed by atoms with Crippen LogP contribution >= 0.6 is 0 Å². The van der Waals surface area contributed by atoms with E-state index in [4.69, 9.17) is 10.5 Å². The van der Waals surface area contributed by atoms with E-state index >= 15 is 0 Å². The van der Waals surface area contributed by atoms with Gasteiger partial charge in [0.25, 0.3) is 0 Å². The summed E-state index contributed by atoms with van der Waals surface area (Å²) in [6.45, 7) is 4.19. The maximum atomic E-state index is 5.79. The molecule has 0 atom stereocenters. The molecule has 1 heterocycles. The number of aromatic amines is 1. The first-order chi connectivity index (χ1) is 9.58. The Labute approximate surface area is 117 Å². The van der Waals surface area contributed by atoms with E-state index in [2.05, 4.69) is 35.9 Å². The summed E-state index contributed by atoms with van der Waals surface area (Å²) in [5, 5.41) is 0. The third-order valence-electron chi connectivity index (χ3n) is 3.58. The van der Waals surface area contributed by atoms with Crippen molar-refractivity contribution >= 4 is 16.7 Å². The number of methoxy groups -OCH3 is 1. The summed E-state index contributed by atoms with van der Waals surface area (Å²) in [6, 6.07) is 9.78. The SMILES string of the molecule is COc1cc(N)ccc1-c1nc2cc(C)c(C)cc2[nH]1. The van der Waals surface area contributed by atoms with Crippen LogP contribution in [0.1, 0.15) is 11.1 Å². The van der Waals surface area contributed by atoms with Crippen molar-refractivity contribution in [1.29, 1.82) is 0 Å². The van der Waals surface area contributed by atoms with Gasteiger partial charge >= 0.3 is 0 Å². The van der Waals surface area contributed by atoms with Crippen molar-refractivity contribution in [2.75, 3.05) is 12.8 Å². The second kappa shape index (κ2) is 4.56. The Morgan fingerprint density at radius 3 is 2.60 bits per heavy atom. The maximum Gasteiger partial charge on any atom is 0.142 e. The van der Waals surface area contributed by atoms with Crippen molar-refractivity contribution in [2.24, 2.45) is 0 Å². The number of aryl methyl sites for hydroxylation is 2. The van der Waals surface area contributed by atoms with Crippen LogP contribution < -0.4 is 10.5 Å². The van der Waals surface area contributed by atoms with E-state index in [1.165, 1.54) is 11.1 Å². The number of nitrogens with zero attached hydrogens (tertiary/aromatic N) is 1. The van der Waals surface area contributed by atoms with Gasteiger partial charge in [-0.05, 0) is 49.2 Å². The zero-order valence-corrected chi connectivity index (χ0v) is 11.8. The van der Waals surface area contributed by atoms with Crippen LogP contribution in [0, 0.1) is 13.8 Å². The summed E-state index contributed by atoms with van der Waals surface area (Å²) in [4.78, 5) is 7.99. The summed E-state index contributed by atoms with van der Waals surface area (Å²) in [5.74, 6) is 1.51. The number of H-pyrrole nitrogens is 1. The fraction of sp³-hybridized carbons (Fsp3) is 0.188. The van der Waals surface area contributed by atoms with Gasteiger partial charge in [-0.1, -0.05) is 0 Å². The minimum atomic E-state index is 0.674. The number of nitrogen functional groups attached to an aromatic ring is 1. The van der Waals surface area contributed by atoms with Gasteiger partial charge in [0, 0.05) is 11.8 Å². The number of hydrogen-bond donors (Lipinski definition) is 2. The molecule has 0 fully saturated rings. The minimum absolute atomic E-state index is 0.674. The van der Waals surface area contributed by atoms with E-state index in [0.717, 1.165) is 28.2 Å². The molecular weight excluding hydrogens is 250 g/mol. The highest BCUT2D eigenvalue weighted by atomic mass is 16.5. The van der Waals surface area contributed by atoms with Crippen molar-refractivity contribution in [3.63, 3.8) is 0 Å². The number of ether oxygens (including phenoxy) is 1. The van der Waals surface area contributed by atoms with Crippen LogP contribution in [0.2, 0.25) is 0 Å². The molecule has 0 radical (unpaired) electrons. The topological polar surface area (TPSA) is 63.9 Å². The number of fused-ring (bicyclic) bond motifs is 1. The van der Waals surface area contributed by atoms with Crippen molar-refractivity contribution in [2.45, 2.75) is 13.8 Å². The molecule has 0 unspecified atom stereocenters. The minimum Gasteiger partial charge on any atom is -0.496 e. The molecule has 0 saturated carbocycles. The molecule has 0 aliphatic rings. The zero-order valence-electron chi connectivity index (χ0n) is 11.8. The molecular formula is C16H17N3O. The Morgan fingerprint density at radius 2 is 1.85 bits per heavy atom. The van der Waals surface area contributed by atoms with Gasteiger partial charge in [-0.15, -0.1) is 0 Å². The van der Waals surface area contributed by atoms with E-state index in [1.807, 2.05) is 12.1 Å². The fourth-order valence-corrected chi connectivity index (χ4v) is 2.30. The quantitative estimate of drug-likeness (QED) is 0.699. The molecule has 0 aliphatic carbocycles. The number of aromatic nitrogens is 2. The second-order valence-corrected chi connectivity index (χ2v) is 5.00. The van der Waals surface area contributed by atoms with Crippen LogP contribution in [-0.4, -0.2) is 17.1 Å². The number of hydrogen-bond acceptors (Lipinski definition) is 3. The summed E-state index contributed by atoms with van der Waals surface area (Å²) < 4.78 is 5.38. The molecule has 3 rings (SSSR count). The molecule has 0 spiro atoms. The second-order valence-electron chi connectivity index (χ2n) is 5.00. The van der Waals surface area contributed by atoms with Crippen LogP contribution in [0.15, 0.2) is 30.3 Å². The van der Waals surface area contributed by atoms with E-state index < -0.39 is 0 Å². The van der Waals surface area contributed by atoms with E-state index in [-0.39, 0.29) is 0 Å². The molecule has 0 bridgehead atoms. The van der Waals surface area contributed by atoms with Gasteiger partial charge in [-0.3, -0.25) is 0 Å². The molecule has 2 aromatic carbocycles. The summed E-state index contributed by atoms with van der Waals surface area (Å²) in [6.07, 6.45) is 0. The highest BCUT2D eigenvalue weighted by molar-refractivity contribution is 5.82. The molecule has 0 amide bonds. The van der Waals surface area contributed by atoms with Crippen LogP contribution in [-0.2, 0) is 0 Å². The fourth-order valence-electron chi connectivity index (χ4n) is 2.30. The Balaban J connectivity index is 2.20. The summed E-state index contributed by atoms with van der Waals surface area (Å²) in [5.41, 5.74) is 11.8. The number of benzene rings is 2. The first-order valence-corrected chi connectivity index (χ1v) is 6.49. The Bertz CT molecular complexity index is 751. The van der Waals surface area contributed by atoms with Gasteiger partial charge < -0.3 is 15.5 Å². The first-order valence-electron chi connectivity index (χ1n) is 6.49. The van der Waals surface area contributed by atoms with E-state index in [0.29, 0.717) is 5.69 Å². The predicted molar refractivity (Wildman–Crippen MR) is 82.0 cm³/mol. The Morgan fingerprint density at radius 1 is 1.10 bits per heavy atom. The van der Waals surface area contributed by atoms with Crippen molar-refractivity contribution in [3.8, 4) is 17.1 Å². The van der Waals surface area contributed by atoms with Crippen molar-refractivity contribution in [1.82, 2.24) is 9.97 Å². The number of nitrogens with one attached hydrogen (secondary N) is 1. The lowest BCUT2D eigenvalue weighted by molar-refractivity contribution is 0.416. The van der Waals surface area contributed by atoms with E-state index in [9.17, 15) is 0 Å². The Kier molecular flexibility index (Phi) is 2.86. The van der Waals surface area contributed by atoms with Gasteiger partial charge in [-0.2, -0.15) is 0 Å². The normalized spacial score (nSPS) is 10.9. The number of anilines is 1. The average molecular weight is 267 g/mol. The third-order valence-corrected chi connectivity index (χ3v) is 3.58. The van der Waals surface area contributed by atoms with Gasteiger partial charge in [0.1, 0.15) is 11.6 Å².